The van der Waals surface area contributed by atoms with E-state index in [0.717, 1.165) is 21.9 Å². The highest BCUT2D eigenvalue weighted by atomic mass is 16.5. The predicted octanol–water partition coefficient (Wildman–Crippen LogP) is 5.06. The number of ketones is 1. The van der Waals surface area contributed by atoms with E-state index in [9.17, 15) is 10.1 Å². The van der Waals surface area contributed by atoms with Crippen molar-refractivity contribution in [2.24, 2.45) is 5.73 Å². The summed E-state index contributed by atoms with van der Waals surface area (Å²) < 4.78 is 11.1. The van der Waals surface area contributed by atoms with Crippen molar-refractivity contribution in [1.82, 2.24) is 0 Å². The van der Waals surface area contributed by atoms with Gasteiger partial charge < -0.3 is 15.2 Å². The first kappa shape index (κ1) is 19.9. The molecular formula is C27H22N2O3. The lowest BCUT2D eigenvalue weighted by Crippen LogP contribution is -2.29. The Morgan fingerprint density at radius 3 is 2.53 bits per heavy atom. The quantitative estimate of drug-likeness (QED) is 0.638. The van der Waals surface area contributed by atoms with Gasteiger partial charge in [-0.15, -0.1) is 0 Å². The van der Waals surface area contributed by atoms with Gasteiger partial charge in [-0.05, 0) is 39.9 Å². The molecular weight excluding hydrogens is 400 g/mol. The summed E-state index contributed by atoms with van der Waals surface area (Å²) in [6.45, 7) is 0. The zero-order valence-corrected chi connectivity index (χ0v) is 17.7. The van der Waals surface area contributed by atoms with Gasteiger partial charge in [-0.1, -0.05) is 54.6 Å². The SMILES string of the molecule is COc1ccc([C@H]2C(C#N)=C(N)OC3=C2C(=O)C[C@@H](c2cccc4ccccc24)C3)cc1. The second kappa shape index (κ2) is 7.90. The molecule has 0 saturated heterocycles. The van der Waals surface area contributed by atoms with Gasteiger partial charge >= 0.3 is 0 Å². The Morgan fingerprint density at radius 1 is 1.03 bits per heavy atom. The molecule has 0 amide bonds. The van der Waals surface area contributed by atoms with Crippen LogP contribution in [-0.2, 0) is 9.53 Å². The first-order valence-corrected chi connectivity index (χ1v) is 10.6. The number of hydrogen-bond donors (Lipinski definition) is 1. The molecule has 158 valence electrons. The molecule has 1 heterocycles. The van der Waals surface area contributed by atoms with Crippen LogP contribution in [0.2, 0.25) is 0 Å². The number of ether oxygens (including phenoxy) is 2. The summed E-state index contributed by atoms with van der Waals surface area (Å²) in [4.78, 5) is 13.5. The number of methoxy groups -OCH3 is 1. The first-order chi connectivity index (χ1) is 15.6. The molecule has 5 heteroatoms. The van der Waals surface area contributed by atoms with Crippen LogP contribution in [0.3, 0.4) is 0 Å². The third kappa shape index (κ3) is 3.21. The van der Waals surface area contributed by atoms with Crippen molar-refractivity contribution < 1.29 is 14.3 Å². The minimum Gasteiger partial charge on any atom is -0.497 e. The molecule has 0 unspecified atom stereocenters. The van der Waals surface area contributed by atoms with E-state index in [1.807, 2.05) is 42.5 Å². The van der Waals surface area contributed by atoms with Gasteiger partial charge in [0.2, 0.25) is 5.88 Å². The van der Waals surface area contributed by atoms with Crippen molar-refractivity contribution in [1.29, 1.82) is 5.26 Å². The van der Waals surface area contributed by atoms with E-state index in [1.165, 1.54) is 0 Å². The number of benzene rings is 3. The van der Waals surface area contributed by atoms with E-state index in [-0.39, 0.29) is 23.2 Å². The van der Waals surface area contributed by atoms with Gasteiger partial charge in [0.1, 0.15) is 23.2 Å². The van der Waals surface area contributed by atoms with E-state index in [2.05, 4.69) is 30.3 Å². The summed E-state index contributed by atoms with van der Waals surface area (Å²) >= 11 is 0. The maximum atomic E-state index is 13.5. The molecule has 0 radical (unpaired) electrons. The highest BCUT2D eigenvalue weighted by Gasteiger charge is 2.41. The minimum atomic E-state index is -0.532. The van der Waals surface area contributed by atoms with Crippen molar-refractivity contribution in [3.05, 3.63) is 101 Å². The van der Waals surface area contributed by atoms with Crippen LogP contribution in [0, 0.1) is 11.3 Å². The lowest BCUT2D eigenvalue weighted by atomic mass is 9.73. The van der Waals surface area contributed by atoms with Crippen molar-refractivity contribution in [2.75, 3.05) is 7.11 Å². The Labute approximate surface area is 186 Å². The average molecular weight is 422 g/mol. The molecule has 0 aromatic heterocycles. The molecule has 2 aliphatic rings. The smallest absolute Gasteiger partial charge is 0.205 e. The second-order valence-electron chi connectivity index (χ2n) is 8.13. The number of rotatable bonds is 3. The fourth-order valence-electron chi connectivity index (χ4n) is 4.86. The monoisotopic (exact) mass is 422 g/mol. The number of carbonyl (C=O) groups excluding carboxylic acids is 1. The molecule has 1 aliphatic heterocycles. The van der Waals surface area contributed by atoms with E-state index >= 15 is 0 Å². The van der Waals surface area contributed by atoms with Crippen LogP contribution >= 0.6 is 0 Å². The third-order valence-corrected chi connectivity index (χ3v) is 6.37. The topological polar surface area (TPSA) is 85.3 Å². The van der Waals surface area contributed by atoms with Gasteiger partial charge in [-0.2, -0.15) is 5.26 Å². The van der Waals surface area contributed by atoms with Crippen molar-refractivity contribution >= 4 is 16.6 Å². The van der Waals surface area contributed by atoms with Crippen LogP contribution in [-0.4, -0.2) is 12.9 Å². The molecule has 1 aliphatic carbocycles. The highest BCUT2D eigenvalue weighted by Crippen LogP contribution is 2.47. The molecule has 3 aromatic carbocycles. The molecule has 2 atom stereocenters. The molecule has 0 saturated carbocycles. The van der Waals surface area contributed by atoms with Crippen LogP contribution in [0.4, 0.5) is 0 Å². The molecule has 5 nitrogen and oxygen atoms in total. The standard InChI is InChI=1S/C27H22N2O3/c1-31-19-11-9-17(10-12-19)25-22(15-28)27(29)32-24-14-18(13-23(30)26(24)25)21-8-4-6-16-5-2-3-7-20(16)21/h2-12,18,25H,13-14,29H2,1H3/t18-,25+/m1/s1. The zero-order valence-electron chi connectivity index (χ0n) is 17.7. The summed E-state index contributed by atoms with van der Waals surface area (Å²) in [5.41, 5.74) is 8.92. The summed E-state index contributed by atoms with van der Waals surface area (Å²) in [5, 5.41) is 12.1. The molecule has 32 heavy (non-hydrogen) atoms. The van der Waals surface area contributed by atoms with E-state index < -0.39 is 5.92 Å². The first-order valence-electron chi connectivity index (χ1n) is 10.6. The second-order valence-corrected chi connectivity index (χ2v) is 8.13. The summed E-state index contributed by atoms with van der Waals surface area (Å²) in [6.07, 6.45) is 0.919. The van der Waals surface area contributed by atoms with Crippen LogP contribution in [0.15, 0.2) is 89.5 Å². The minimum absolute atomic E-state index is 0.00903. The van der Waals surface area contributed by atoms with Gasteiger partial charge in [0.25, 0.3) is 0 Å². The molecule has 5 rings (SSSR count). The number of allylic oxidation sites excluding steroid dienone is 3. The Hall–Kier alpha value is -4.04. The number of nitrogens with two attached hydrogens (primary N) is 1. The van der Waals surface area contributed by atoms with Crippen LogP contribution in [0.1, 0.15) is 35.8 Å². The molecule has 3 aromatic rings. The third-order valence-electron chi connectivity index (χ3n) is 6.37. The normalized spacial score (nSPS) is 20.6. The van der Waals surface area contributed by atoms with E-state index in [4.69, 9.17) is 15.2 Å². The van der Waals surface area contributed by atoms with E-state index in [1.54, 1.807) is 7.11 Å². The van der Waals surface area contributed by atoms with Gasteiger partial charge in [-0.3, -0.25) is 4.79 Å². The van der Waals surface area contributed by atoms with Gasteiger partial charge in [-0.25, -0.2) is 0 Å². The fraction of sp³-hybridized carbons (Fsp3) is 0.185. The van der Waals surface area contributed by atoms with Crippen molar-refractivity contribution in [3.63, 3.8) is 0 Å². The largest absolute Gasteiger partial charge is 0.497 e. The van der Waals surface area contributed by atoms with Crippen LogP contribution in [0.5, 0.6) is 5.75 Å². The number of nitrogens with zero attached hydrogens (tertiary/aromatic N) is 1. The molecule has 2 N–H and O–H groups in total. The van der Waals surface area contributed by atoms with Gasteiger partial charge in [0.15, 0.2) is 5.78 Å². The number of hydrogen-bond acceptors (Lipinski definition) is 5. The number of fused-ring (bicyclic) bond motifs is 1. The van der Waals surface area contributed by atoms with E-state index in [0.29, 0.717) is 29.9 Å². The lowest BCUT2D eigenvalue weighted by molar-refractivity contribution is -0.117. The number of nitriles is 1. The number of carbonyl (C=O) groups is 1. The van der Waals surface area contributed by atoms with Gasteiger partial charge in [0.05, 0.1) is 13.0 Å². The summed E-state index contributed by atoms with van der Waals surface area (Å²) in [6, 6.07) is 23.9. The summed E-state index contributed by atoms with van der Waals surface area (Å²) in [5.74, 6) is 0.785. The fourth-order valence-corrected chi connectivity index (χ4v) is 4.86. The molecule has 0 fully saturated rings. The predicted molar refractivity (Wildman–Crippen MR) is 122 cm³/mol. The Morgan fingerprint density at radius 2 is 1.78 bits per heavy atom. The highest BCUT2D eigenvalue weighted by molar-refractivity contribution is 6.00. The Bertz CT molecular complexity index is 1320. The van der Waals surface area contributed by atoms with Crippen molar-refractivity contribution in [3.8, 4) is 11.8 Å². The van der Waals surface area contributed by atoms with Crippen LogP contribution < -0.4 is 10.5 Å². The molecule has 0 spiro atoms. The maximum Gasteiger partial charge on any atom is 0.205 e. The Kier molecular flexibility index (Phi) is 4.91. The lowest BCUT2D eigenvalue weighted by Gasteiger charge is -2.34. The maximum absolute atomic E-state index is 13.5. The van der Waals surface area contributed by atoms with Crippen LogP contribution in [0.25, 0.3) is 10.8 Å². The average Bonchev–Trinajstić information content (AvgIpc) is 2.82. The molecule has 0 bridgehead atoms. The van der Waals surface area contributed by atoms with Gasteiger partial charge in [0, 0.05) is 18.4 Å². The van der Waals surface area contributed by atoms with Crippen molar-refractivity contribution in [2.45, 2.75) is 24.7 Å². The summed E-state index contributed by atoms with van der Waals surface area (Å²) in [7, 11) is 1.60. The number of Topliss-reactive ketones (excluding diaryl/α,β-unsaturated/α-hetero) is 1. The Balaban J connectivity index is 1.59. The zero-order chi connectivity index (χ0) is 22.2.